The van der Waals surface area contributed by atoms with Gasteiger partial charge >= 0.3 is 0 Å². The Morgan fingerprint density at radius 2 is 1.65 bits per heavy atom. The Hall–Kier alpha value is -2.76. The first-order chi connectivity index (χ1) is 12.1. The molecule has 4 N–H and O–H groups in total. The van der Waals surface area contributed by atoms with Gasteiger partial charge in [-0.25, -0.2) is 27.0 Å². The number of nitrogens with two attached hydrogens (primary N) is 1. The average molecular weight is 393 g/mol. The van der Waals surface area contributed by atoms with E-state index in [0.717, 1.165) is 12.1 Å². The normalized spacial score (nSPS) is 12.1. The van der Waals surface area contributed by atoms with Crippen LogP contribution in [0.1, 0.15) is 5.82 Å². The number of nitrogens with zero attached hydrogens (tertiary/aromatic N) is 2. The molecule has 136 valence electrons. The van der Waals surface area contributed by atoms with Crippen LogP contribution in [0.2, 0.25) is 0 Å². The molecule has 26 heavy (non-hydrogen) atoms. The number of primary sulfonamides is 1. The van der Waals surface area contributed by atoms with E-state index < -0.39 is 20.0 Å². The van der Waals surface area contributed by atoms with Gasteiger partial charge in [-0.15, -0.1) is 0 Å². The van der Waals surface area contributed by atoms with Crippen LogP contribution in [0.5, 0.6) is 0 Å². The molecule has 0 spiro atoms. The molecule has 0 aliphatic carbocycles. The van der Waals surface area contributed by atoms with Crippen LogP contribution in [-0.4, -0.2) is 32.0 Å². The van der Waals surface area contributed by atoms with E-state index in [1.807, 2.05) is 0 Å². The SMILES string of the molecule is Cc1nc(-c2cccc(NS(=O)(=O)c3ccc(S(N)(=O)=O)cc3)c2)n[nH]1. The average Bonchev–Trinajstić information content (AvgIpc) is 3.01. The second kappa shape index (κ2) is 6.52. The van der Waals surface area contributed by atoms with Crippen molar-refractivity contribution in [2.75, 3.05) is 4.72 Å². The molecule has 11 heteroatoms. The van der Waals surface area contributed by atoms with Crippen molar-refractivity contribution in [2.24, 2.45) is 5.14 Å². The molecule has 3 aromatic rings. The summed E-state index contributed by atoms with van der Waals surface area (Å²) >= 11 is 0. The van der Waals surface area contributed by atoms with Crippen LogP contribution in [0.25, 0.3) is 11.4 Å². The fraction of sp³-hybridized carbons (Fsp3) is 0.0667. The fourth-order valence-electron chi connectivity index (χ4n) is 2.22. The first-order valence-electron chi connectivity index (χ1n) is 7.30. The third-order valence-corrected chi connectivity index (χ3v) is 5.76. The predicted octanol–water partition coefficient (Wildman–Crippen LogP) is 1.23. The van der Waals surface area contributed by atoms with Crippen molar-refractivity contribution in [2.45, 2.75) is 16.7 Å². The van der Waals surface area contributed by atoms with Gasteiger partial charge in [-0.3, -0.25) is 9.82 Å². The monoisotopic (exact) mass is 393 g/mol. The minimum atomic E-state index is -3.90. The van der Waals surface area contributed by atoms with Gasteiger partial charge in [0.1, 0.15) is 5.82 Å². The number of benzene rings is 2. The Balaban J connectivity index is 1.88. The number of hydrogen-bond acceptors (Lipinski definition) is 6. The first kappa shape index (κ1) is 18.0. The molecule has 0 radical (unpaired) electrons. The summed E-state index contributed by atoms with van der Waals surface area (Å²) in [5.41, 5.74) is 0.958. The van der Waals surface area contributed by atoms with E-state index in [4.69, 9.17) is 5.14 Å². The van der Waals surface area contributed by atoms with Gasteiger partial charge < -0.3 is 0 Å². The number of aryl methyl sites for hydroxylation is 1. The highest BCUT2D eigenvalue weighted by atomic mass is 32.2. The van der Waals surface area contributed by atoms with Crippen molar-refractivity contribution >= 4 is 25.7 Å². The van der Waals surface area contributed by atoms with E-state index in [1.54, 1.807) is 31.2 Å². The maximum absolute atomic E-state index is 12.5. The Labute approximate surface area is 150 Å². The fourth-order valence-corrected chi connectivity index (χ4v) is 3.78. The quantitative estimate of drug-likeness (QED) is 0.594. The number of H-pyrrole nitrogens is 1. The zero-order chi connectivity index (χ0) is 18.9. The molecule has 0 aliphatic heterocycles. The molecule has 0 unspecified atom stereocenters. The lowest BCUT2D eigenvalue weighted by molar-refractivity contribution is 0.595. The largest absolute Gasteiger partial charge is 0.280 e. The Morgan fingerprint density at radius 1 is 1.00 bits per heavy atom. The summed E-state index contributed by atoms with van der Waals surface area (Å²) in [5, 5.41) is 11.8. The summed E-state index contributed by atoms with van der Waals surface area (Å²) in [7, 11) is -7.79. The summed E-state index contributed by atoms with van der Waals surface area (Å²) in [5.74, 6) is 1.09. The predicted molar refractivity (Wildman–Crippen MR) is 95.2 cm³/mol. The van der Waals surface area contributed by atoms with E-state index in [1.165, 1.54) is 12.1 Å². The van der Waals surface area contributed by atoms with Crippen LogP contribution in [0.3, 0.4) is 0 Å². The molecule has 0 saturated heterocycles. The topological polar surface area (TPSA) is 148 Å². The number of sulfonamides is 2. The van der Waals surface area contributed by atoms with E-state index >= 15 is 0 Å². The molecular formula is C15H15N5O4S2. The summed E-state index contributed by atoms with van der Waals surface area (Å²) in [6, 6.07) is 11.2. The number of aromatic nitrogens is 3. The van der Waals surface area contributed by atoms with Crippen molar-refractivity contribution in [3.63, 3.8) is 0 Å². The van der Waals surface area contributed by atoms with Gasteiger partial charge in [-0.2, -0.15) is 5.10 Å². The maximum Gasteiger partial charge on any atom is 0.261 e. The first-order valence-corrected chi connectivity index (χ1v) is 10.3. The highest BCUT2D eigenvalue weighted by Crippen LogP contribution is 2.22. The molecule has 0 bridgehead atoms. The van der Waals surface area contributed by atoms with E-state index in [-0.39, 0.29) is 9.79 Å². The lowest BCUT2D eigenvalue weighted by atomic mass is 10.2. The minimum Gasteiger partial charge on any atom is -0.280 e. The second-order valence-corrected chi connectivity index (χ2v) is 8.69. The molecule has 0 fully saturated rings. The molecular weight excluding hydrogens is 378 g/mol. The Kier molecular flexibility index (Phi) is 4.52. The second-order valence-electron chi connectivity index (χ2n) is 5.45. The van der Waals surface area contributed by atoms with Gasteiger partial charge in [-0.05, 0) is 43.3 Å². The van der Waals surface area contributed by atoms with Gasteiger partial charge in [0.2, 0.25) is 10.0 Å². The standard InChI is InChI=1S/C15H15N5O4S2/c1-10-17-15(19-18-10)11-3-2-4-12(9-11)20-26(23,24)14-7-5-13(6-8-14)25(16,21)22/h2-9,20H,1H3,(H2,16,21,22)(H,17,18,19). The summed E-state index contributed by atoms with van der Waals surface area (Å²) in [4.78, 5) is 3.94. The maximum atomic E-state index is 12.5. The Morgan fingerprint density at radius 3 is 2.23 bits per heavy atom. The number of anilines is 1. The van der Waals surface area contributed by atoms with Gasteiger partial charge in [0.05, 0.1) is 9.79 Å². The third-order valence-electron chi connectivity index (χ3n) is 3.43. The van der Waals surface area contributed by atoms with Crippen molar-refractivity contribution in [1.29, 1.82) is 0 Å². The summed E-state index contributed by atoms with van der Waals surface area (Å²) in [6.07, 6.45) is 0. The zero-order valence-corrected chi connectivity index (χ0v) is 15.2. The van der Waals surface area contributed by atoms with E-state index in [2.05, 4.69) is 19.9 Å². The number of rotatable bonds is 5. The minimum absolute atomic E-state index is 0.0935. The van der Waals surface area contributed by atoms with Crippen molar-refractivity contribution in [3.05, 3.63) is 54.4 Å². The van der Waals surface area contributed by atoms with Crippen molar-refractivity contribution < 1.29 is 16.8 Å². The number of hydrogen-bond donors (Lipinski definition) is 3. The van der Waals surface area contributed by atoms with Gasteiger partial charge in [0, 0.05) is 11.3 Å². The van der Waals surface area contributed by atoms with Gasteiger partial charge in [0.15, 0.2) is 5.82 Å². The Bertz CT molecular complexity index is 1150. The van der Waals surface area contributed by atoms with Crippen LogP contribution in [0, 0.1) is 6.92 Å². The third kappa shape index (κ3) is 3.90. The van der Waals surface area contributed by atoms with Crippen LogP contribution in [0.4, 0.5) is 5.69 Å². The molecule has 3 rings (SSSR count). The van der Waals surface area contributed by atoms with Crippen LogP contribution in [-0.2, 0) is 20.0 Å². The molecule has 0 amide bonds. The molecule has 1 aromatic heterocycles. The lowest BCUT2D eigenvalue weighted by Gasteiger charge is -2.09. The van der Waals surface area contributed by atoms with Gasteiger partial charge in [-0.1, -0.05) is 12.1 Å². The molecule has 0 aliphatic rings. The molecule has 9 nitrogen and oxygen atoms in total. The van der Waals surface area contributed by atoms with Crippen molar-refractivity contribution in [1.82, 2.24) is 15.2 Å². The zero-order valence-electron chi connectivity index (χ0n) is 13.5. The lowest BCUT2D eigenvalue weighted by Crippen LogP contribution is -2.15. The van der Waals surface area contributed by atoms with Crippen molar-refractivity contribution in [3.8, 4) is 11.4 Å². The van der Waals surface area contributed by atoms with Gasteiger partial charge in [0.25, 0.3) is 10.0 Å². The highest BCUT2D eigenvalue weighted by molar-refractivity contribution is 7.92. The number of aromatic amines is 1. The van der Waals surface area contributed by atoms with E-state index in [9.17, 15) is 16.8 Å². The molecule has 1 heterocycles. The summed E-state index contributed by atoms with van der Waals surface area (Å²) in [6.45, 7) is 1.76. The molecule has 0 atom stereocenters. The van der Waals surface area contributed by atoms with E-state index in [0.29, 0.717) is 22.9 Å². The molecule has 0 saturated carbocycles. The highest BCUT2D eigenvalue weighted by Gasteiger charge is 2.16. The molecule has 2 aromatic carbocycles. The van der Waals surface area contributed by atoms with Crippen LogP contribution in [0.15, 0.2) is 58.3 Å². The van der Waals surface area contributed by atoms with Crippen LogP contribution >= 0.6 is 0 Å². The smallest absolute Gasteiger partial charge is 0.261 e. The summed E-state index contributed by atoms with van der Waals surface area (Å²) < 4.78 is 49.9. The van der Waals surface area contributed by atoms with Crippen LogP contribution < -0.4 is 9.86 Å². The number of nitrogens with one attached hydrogen (secondary N) is 2.